The largest absolute Gasteiger partial charge is 0.379 e. The second-order valence-corrected chi connectivity index (χ2v) is 12.0. The topological polar surface area (TPSA) is 45.7 Å². The zero-order valence-electron chi connectivity index (χ0n) is 19.2. The van der Waals surface area contributed by atoms with E-state index in [4.69, 9.17) is 21.3 Å². The van der Waals surface area contributed by atoms with Gasteiger partial charge in [0.1, 0.15) is 0 Å². The number of ether oxygens (including phenoxy) is 1. The Morgan fingerprint density at radius 1 is 1.18 bits per heavy atom. The van der Waals surface area contributed by atoms with E-state index in [-0.39, 0.29) is 17.8 Å². The molecule has 5 nitrogen and oxygen atoms in total. The number of aryl methyl sites for hydroxylation is 1. The molecular weight excluding hydrogens is 477 g/mol. The summed E-state index contributed by atoms with van der Waals surface area (Å²) in [6, 6.07) is 3.97. The Morgan fingerprint density at radius 2 is 1.82 bits per heavy atom. The Kier molecular flexibility index (Phi) is 6.69. The van der Waals surface area contributed by atoms with Gasteiger partial charge in [-0.3, -0.25) is 14.6 Å². The minimum Gasteiger partial charge on any atom is -0.379 e. The van der Waals surface area contributed by atoms with Crippen molar-refractivity contribution < 1.29 is 9.53 Å². The number of hydrogen-bond donors (Lipinski definition) is 0. The van der Waals surface area contributed by atoms with Crippen LogP contribution in [0.25, 0.3) is 10.2 Å². The maximum Gasteiger partial charge on any atom is 0.235 e. The van der Waals surface area contributed by atoms with Crippen LogP contribution in [0.5, 0.6) is 0 Å². The van der Waals surface area contributed by atoms with Gasteiger partial charge >= 0.3 is 0 Å². The lowest BCUT2D eigenvalue weighted by Crippen LogP contribution is -2.56. The summed E-state index contributed by atoms with van der Waals surface area (Å²) in [5, 5.41) is 1.55. The fraction of sp³-hybridized carbons (Fsp3) is 0.680. The van der Waals surface area contributed by atoms with E-state index in [2.05, 4.69) is 11.8 Å². The zero-order valence-corrected chi connectivity index (χ0v) is 21.6. The Balaban J connectivity index is 0.00000228. The second-order valence-electron chi connectivity index (χ2n) is 10.6. The first-order valence-corrected chi connectivity index (χ1v) is 13.4. The molecule has 180 valence electrons. The number of rotatable bonds is 5. The number of halogens is 2. The number of aromatic nitrogens is 1. The van der Waals surface area contributed by atoms with Crippen LogP contribution in [0, 0.1) is 30.1 Å². The molecule has 5 aliphatic rings. The van der Waals surface area contributed by atoms with E-state index >= 15 is 0 Å². The number of hydrogen-bond acceptors (Lipinski definition) is 5. The number of carbonyl (C=O) groups excluding carboxylic acids is 1. The van der Waals surface area contributed by atoms with Crippen LogP contribution in [-0.4, -0.2) is 55.2 Å². The molecule has 7 rings (SSSR count). The average Bonchev–Trinajstić information content (AvgIpc) is 3.23. The fourth-order valence-corrected chi connectivity index (χ4v) is 8.56. The molecule has 1 saturated heterocycles. The number of carbonyl (C=O) groups is 1. The number of thiazole rings is 1. The zero-order chi connectivity index (χ0) is 21.9. The number of fused-ring (bicyclic) bond motifs is 1. The van der Waals surface area contributed by atoms with Crippen LogP contribution >= 0.6 is 35.3 Å². The van der Waals surface area contributed by atoms with Gasteiger partial charge in [-0.2, -0.15) is 0 Å². The van der Waals surface area contributed by atoms with Crippen LogP contribution in [0.1, 0.15) is 44.1 Å². The molecule has 2 aromatic rings. The molecule has 4 aliphatic carbocycles. The van der Waals surface area contributed by atoms with E-state index in [0.29, 0.717) is 12.5 Å². The van der Waals surface area contributed by atoms with Gasteiger partial charge < -0.3 is 4.74 Å². The monoisotopic (exact) mass is 509 g/mol. The molecule has 1 aromatic heterocycles. The quantitative estimate of drug-likeness (QED) is 0.528. The maximum absolute atomic E-state index is 14.3. The smallest absolute Gasteiger partial charge is 0.235 e. The summed E-state index contributed by atoms with van der Waals surface area (Å²) in [6.07, 6.45) is 7.27. The van der Waals surface area contributed by atoms with Gasteiger partial charge in [0.2, 0.25) is 5.91 Å². The highest BCUT2D eigenvalue weighted by Crippen LogP contribution is 2.60. The van der Waals surface area contributed by atoms with E-state index in [1.54, 1.807) is 11.3 Å². The highest BCUT2D eigenvalue weighted by Gasteiger charge is 2.56. The second kappa shape index (κ2) is 9.27. The Labute approximate surface area is 211 Å². The summed E-state index contributed by atoms with van der Waals surface area (Å²) in [6.45, 7) is 7.05. The number of benzene rings is 1. The van der Waals surface area contributed by atoms with Crippen LogP contribution in [0.3, 0.4) is 0 Å². The predicted octanol–water partition coefficient (Wildman–Crippen LogP) is 5.56. The summed E-state index contributed by atoms with van der Waals surface area (Å²) in [5.74, 6) is 2.58. The molecule has 4 bridgehead atoms. The third-order valence-corrected chi connectivity index (χ3v) is 9.94. The number of amides is 1. The first-order chi connectivity index (χ1) is 15.5. The normalized spacial score (nSPS) is 31.0. The van der Waals surface area contributed by atoms with Crippen molar-refractivity contribution in [1.29, 1.82) is 0 Å². The molecule has 0 spiro atoms. The van der Waals surface area contributed by atoms with Crippen molar-refractivity contribution in [2.24, 2.45) is 23.2 Å². The molecule has 4 saturated carbocycles. The van der Waals surface area contributed by atoms with Crippen molar-refractivity contribution in [2.45, 2.75) is 45.4 Å². The van der Waals surface area contributed by atoms with Crippen molar-refractivity contribution in [3.63, 3.8) is 0 Å². The van der Waals surface area contributed by atoms with E-state index in [0.717, 1.165) is 95.8 Å². The van der Waals surface area contributed by atoms with Crippen molar-refractivity contribution in [3.8, 4) is 0 Å². The van der Waals surface area contributed by atoms with Gasteiger partial charge in [0.05, 0.1) is 33.9 Å². The molecular formula is C25H33Cl2N3O2S. The van der Waals surface area contributed by atoms with Crippen molar-refractivity contribution >= 4 is 56.6 Å². The SMILES string of the molecule is Cc1ccc(Cl)c2sc(N(CCN3CCOCC3)C(=O)C34CC5CC(CC(C5)C3)C4)nc12.Cl. The Bertz CT molecular complexity index is 962. The molecule has 2 heterocycles. The van der Waals surface area contributed by atoms with E-state index in [1.807, 2.05) is 17.0 Å². The minimum atomic E-state index is -0.170. The number of morpholine rings is 1. The van der Waals surface area contributed by atoms with Gasteiger partial charge in [0.15, 0.2) is 5.13 Å². The van der Waals surface area contributed by atoms with Crippen molar-refractivity contribution in [1.82, 2.24) is 9.88 Å². The molecule has 5 fully saturated rings. The lowest BCUT2D eigenvalue weighted by molar-refractivity contribution is -0.143. The summed E-state index contributed by atoms with van der Waals surface area (Å²) in [7, 11) is 0. The van der Waals surface area contributed by atoms with Crippen LogP contribution in [0.15, 0.2) is 12.1 Å². The first-order valence-electron chi connectivity index (χ1n) is 12.2. The summed E-state index contributed by atoms with van der Waals surface area (Å²) in [5.41, 5.74) is 1.88. The molecule has 1 aromatic carbocycles. The van der Waals surface area contributed by atoms with Crippen LogP contribution in [0.4, 0.5) is 5.13 Å². The molecule has 1 amide bonds. The van der Waals surface area contributed by atoms with Crippen LogP contribution < -0.4 is 4.90 Å². The number of nitrogens with zero attached hydrogens (tertiary/aromatic N) is 3. The van der Waals surface area contributed by atoms with Gasteiger partial charge in [0, 0.05) is 26.2 Å². The Morgan fingerprint density at radius 3 is 2.42 bits per heavy atom. The molecule has 0 N–H and O–H groups in total. The highest BCUT2D eigenvalue weighted by molar-refractivity contribution is 7.23. The van der Waals surface area contributed by atoms with Crippen LogP contribution in [-0.2, 0) is 9.53 Å². The molecule has 0 radical (unpaired) electrons. The van der Waals surface area contributed by atoms with Gasteiger partial charge in [-0.05, 0) is 74.8 Å². The highest BCUT2D eigenvalue weighted by atomic mass is 35.5. The van der Waals surface area contributed by atoms with Gasteiger partial charge in [-0.15, -0.1) is 12.4 Å². The average molecular weight is 511 g/mol. The standard InChI is InChI=1S/C25H32ClN3O2S.ClH/c1-16-2-3-20(26)22-21(16)27-24(32-22)29(5-4-28-6-8-31-9-7-28)23(30)25-13-17-10-18(14-25)12-19(11-17)15-25;/h2-3,17-19H,4-15H2,1H3;1H. The summed E-state index contributed by atoms with van der Waals surface area (Å²) >= 11 is 8.11. The summed E-state index contributed by atoms with van der Waals surface area (Å²) < 4.78 is 6.52. The van der Waals surface area contributed by atoms with E-state index < -0.39 is 0 Å². The van der Waals surface area contributed by atoms with Gasteiger partial charge in [-0.1, -0.05) is 29.0 Å². The molecule has 0 unspecified atom stereocenters. The fourth-order valence-electron chi connectivity index (χ4n) is 7.22. The molecule has 0 atom stereocenters. The van der Waals surface area contributed by atoms with Crippen molar-refractivity contribution in [2.75, 3.05) is 44.3 Å². The minimum absolute atomic E-state index is 0. The third-order valence-electron chi connectivity index (χ3n) is 8.40. The van der Waals surface area contributed by atoms with E-state index in [9.17, 15) is 4.79 Å². The first kappa shape index (κ1) is 23.8. The van der Waals surface area contributed by atoms with Crippen molar-refractivity contribution in [3.05, 3.63) is 22.7 Å². The van der Waals surface area contributed by atoms with Gasteiger partial charge in [-0.25, -0.2) is 4.98 Å². The summed E-state index contributed by atoms with van der Waals surface area (Å²) in [4.78, 5) is 23.8. The maximum atomic E-state index is 14.3. The van der Waals surface area contributed by atoms with E-state index in [1.165, 1.54) is 19.3 Å². The lowest BCUT2D eigenvalue weighted by Gasteiger charge is -2.56. The van der Waals surface area contributed by atoms with Gasteiger partial charge in [0.25, 0.3) is 0 Å². The molecule has 1 aliphatic heterocycles. The molecule has 8 heteroatoms. The predicted molar refractivity (Wildman–Crippen MR) is 137 cm³/mol. The lowest BCUT2D eigenvalue weighted by atomic mass is 9.49. The molecule has 33 heavy (non-hydrogen) atoms. The number of anilines is 1. The van der Waals surface area contributed by atoms with Crippen LogP contribution in [0.2, 0.25) is 5.02 Å². The Hall–Kier alpha value is -0.920. The third kappa shape index (κ3) is 4.31.